The number of aromatic nitrogens is 2. The van der Waals surface area contributed by atoms with Crippen LogP contribution in [0, 0.1) is 0 Å². The normalized spacial score (nSPS) is 12.0. The Morgan fingerprint density at radius 2 is 2.05 bits per heavy atom. The molecular formula is C14H21ClN4O3. The number of ether oxygens (including phenoxy) is 1. The molecular weight excluding hydrogens is 308 g/mol. The van der Waals surface area contributed by atoms with Gasteiger partial charge in [-0.05, 0) is 24.7 Å². The fourth-order valence-electron chi connectivity index (χ4n) is 2.10. The zero-order valence-electron chi connectivity index (χ0n) is 12.6. The number of benzene rings is 1. The van der Waals surface area contributed by atoms with Gasteiger partial charge in [-0.15, -0.1) is 12.4 Å². The number of rotatable bonds is 7. The molecule has 0 amide bonds. The van der Waals surface area contributed by atoms with Crippen molar-refractivity contribution >= 4 is 12.4 Å². The van der Waals surface area contributed by atoms with Crippen LogP contribution in [-0.4, -0.2) is 40.9 Å². The fraction of sp³-hybridized carbons (Fsp3) is 0.429. The van der Waals surface area contributed by atoms with Crippen LogP contribution < -0.4 is 10.5 Å². The molecule has 0 saturated carbocycles. The van der Waals surface area contributed by atoms with E-state index in [1.807, 2.05) is 36.2 Å². The minimum atomic E-state index is -0.157. The lowest BCUT2D eigenvalue weighted by molar-refractivity contribution is 0.139. The minimum absolute atomic E-state index is 0. The average Bonchev–Trinajstić information content (AvgIpc) is 2.96. The van der Waals surface area contributed by atoms with Crippen LogP contribution in [-0.2, 0) is 13.1 Å². The van der Waals surface area contributed by atoms with Crippen molar-refractivity contribution < 1.29 is 14.4 Å². The van der Waals surface area contributed by atoms with Gasteiger partial charge in [0.15, 0.2) is 5.82 Å². The first-order valence-corrected chi connectivity index (χ1v) is 6.64. The molecule has 1 aromatic heterocycles. The molecule has 0 bridgehead atoms. The molecule has 7 nitrogen and oxygen atoms in total. The summed E-state index contributed by atoms with van der Waals surface area (Å²) < 4.78 is 10.1. The first kappa shape index (κ1) is 18.4. The molecule has 122 valence electrons. The molecule has 3 N–H and O–H groups in total. The predicted octanol–water partition coefficient (Wildman–Crippen LogP) is 1.12. The number of aliphatic hydroxyl groups is 1. The number of hydrogen-bond donors (Lipinski definition) is 2. The van der Waals surface area contributed by atoms with Crippen molar-refractivity contribution in [1.29, 1.82) is 0 Å². The van der Waals surface area contributed by atoms with Crippen molar-refractivity contribution in [2.75, 3.05) is 20.8 Å². The van der Waals surface area contributed by atoms with Crippen molar-refractivity contribution in [3.63, 3.8) is 0 Å². The fourth-order valence-corrected chi connectivity index (χ4v) is 2.10. The van der Waals surface area contributed by atoms with Gasteiger partial charge in [-0.3, -0.25) is 4.90 Å². The molecule has 0 aliphatic heterocycles. The molecule has 0 aliphatic rings. The molecule has 8 heteroatoms. The van der Waals surface area contributed by atoms with E-state index in [0.29, 0.717) is 18.3 Å². The molecule has 1 unspecified atom stereocenters. The van der Waals surface area contributed by atoms with Gasteiger partial charge in [0.25, 0.3) is 0 Å². The van der Waals surface area contributed by atoms with Crippen LogP contribution >= 0.6 is 12.4 Å². The number of halogens is 1. The number of aliphatic hydroxyl groups excluding tert-OH is 1. The molecule has 0 saturated heterocycles. The first-order chi connectivity index (χ1) is 10.2. The van der Waals surface area contributed by atoms with Crippen LogP contribution in [0.4, 0.5) is 0 Å². The molecule has 0 aliphatic carbocycles. The van der Waals surface area contributed by atoms with E-state index >= 15 is 0 Å². The Kier molecular flexibility index (Phi) is 7.26. The molecule has 0 radical (unpaired) electrons. The summed E-state index contributed by atoms with van der Waals surface area (Å²) in [5, 5.41) is 13.5. The molecule has 1 heterocycles. The van der Waals surface area contributed by atoms with Gasteiger partial charge in [0.1, 0.15) is 5.75 Å². The maximum absolute atomic E-state index is 9.65. The minimum Gasteiger partial charge on any atom is -0.497 e. The summed E-state index contributed by atoms with van der Waals surface area (Å²) in [5.74, 6) is 1.73. The largest absolute Gasteiger partial charge is 0.497 e. The Balaban J connectivity index is 0.00000242. The van der Waals surface area contributed by atoms with Crippen molar-refractivity contribution in [2.24, 2.45) is 5.73 Å². The Bertz CT molecular complexity index is 561. The van der Waals surface area contributed by atoms with E-state index in [4.69, 9.17) is 15.0 Å². The number of hydrogen-bond acceptors (Lipinski definition) is 7. The monoisotopic (exact) mass is 328 g/mol. The highest BCUT2D eigenvalue weighted by atomic mass is 35.5. The van der Waals surface area contributed by atoms with E-state index < -0.39 is 0 Å². The van der Waals surface area contributed by atoms with Crippen LogP contribution in [0.15, 0.2) is 28.8 Å². The second-order valence-electron chi connectivity index (χ2n) is 4.70. The Morgan fingerprint density at radius 3 is 2.55 bits per heavy atom. The van der Waals surface area contributed by atoms with Gasteiger partial charge in [-0.1, -0.05) is 17.3 Å². The molecule has 0 fully saturated rings. The van der Waals surface area contributed by atoms with Crippen LogP contribution in [0.1, 0.15) is 23.3 Å². The highest BCUT2D eigenvalue weighted by Gasteiger charge is 2.18. The van der Waals surface area contributed by atoms with Crippen molar-refractivity contribution in [1.82, 2.24) is 15.0 Å². The highest BCUT2D eigenvalue weighted by molar-refractivity contribution is 5.85. The predicted molar refractivity (Wildman–Crippen MR) is 83.7 cm³/mol. The van der Waals surface area contributed by atoms with Gasteiger partial charge in [-0.2, -0.15) is 4.98 Å². The van der Waals surface area contributed by atoms with E-state index in [-0.39, 0.29) is 31.6 Å². The van der Waals surface area contributed by atoms with E-state index in [0.717, 1.165) is 11.3 Å². The summed E-state index contributed by atoms with van der Waals surface area (Å²) in [7, 11) is 3.51. The summed E-state index contributed by atoms with van der Waals surface area (Å²) in [6.45, 7) is 0.670. The second-order valence-corrected chi connectivity index (χ2v) is 4.70. The summed E-state index contributed by atoms with van der Waals surface area (Å²) in [6, 6.07) is 7.44. The number of methoxy groups -OCH3 is 1. The van der Waals surface area contributed by atoms with Gasteiger partial charge in [-0.25, -0.2) is 0 Å². The maximum atomic E-state index is 9.65. The van der Waals surface area contributed by atoms with Crippen LogP contribution in [0.5, 0.6) is 5.75 Å². The van der Waals surface area contributed by atoms with Gasteiger partial charge >= 0.3 is 0 Å². The van der Waals surface area contributed by atoms with E-state index in [9.17, 15) is 5.11 Å². The number of likely N-dealkylation sites (N-methyl/N-ethyl adjacent to an activating group) is 1. The Morgan fingerprint density at radius 1 is 1.36 bits per heavy atom. The third-order valence-corrected chi connectivity index (χ3v) is 3.28. The van der Waals surface area contributed by atoms with Crippen molar-refractivity contribution in [3.8, 4) is 5.75 Å². The summed E-state index contributed by atoms with van der Waals surface area (Å²) in [6.07, 6.45) is 0. The topological polar surface area (TPSA) is 97.6 Å². The molecule has 2 rings (SSSR count). The quantitative estimate of drug-likeness (QED) is 0.786. The third kappa shape index (κ3) is 4.41. The highest BCUT2D eigenvalue weighted by Crippen LogP contribution is 2.22. The Hall–Kier alpha value is -1.67. The van der Waals surface area contributed by atoms with Gasteiger partial charge in [0, 0.05) is 0 Å². The molecule has 1 aromatic carbocycles. The second kappa shape index (κ2) is 8.70. The standard InChI is InChI=1S/C14H20N4O3.ClH/c1-18(8-13-16-14(7-15)21-17-13)12(9-19)10-3-5-11(20-2)6-4-10;/h3-6,12,19H,7-9,15H2,1-2H3;1H. The first-order valence-electron chi connectivity index (χ1n) is 6.64. The lowest BCUT2D eigenvalue weighted by Gasteiger charge is -2.25. The van der Waals surface area contributed by atoms with Crippen LogP contribution in [0.25, 0.3) is 0 Å². The summed E-state index contributed by atoms with van der Waals surface area (Å²) in [5.41, 5.74) is 6.43. The Labute approximate surface area is 135 Å². The molecule has 0 spiro atoms. The summed E-state index contributed by atoms with van der Waals surface area (Å²) in [4.78, 5) is 6.11. The van der Waals surface area contributed by atoms with Crippen LogP contribution in [0.2, 0.25) is 0 Å². The lowest BCUT2D eigenvalue weighted by atomic mass is 10.1. The van der Waals surface area contributed by atoms with Gasteiger partial charge in [0.05, 0.1) is 32.8 Å². The van der Waals surface area contributed by atoms with Crippen molar-refractivity contribution in [3.05, 3.63) is 41.5 Å². The van der Waals surface area contributed by atoms with Gasteiger partial charge < -0.3 is 20.1 Å². The third-order valence-electron chi connectivity index (χ3n) is 3.28. The smallest absolute Gasteiger partial charge is 0.240 e. The van der Waals surface area contributed by atoms with E-state index in [1.54, 1.807) is 7.11 Å². The number of nitrogens with two attached hydrogens (primary N) is 1. The molecule has 1 atom stereocenters. The van der Waals surface area contributed by atoms with Crippen molar-refractivity contribution in [2.45, 2.75) is 19.1 Å². The SMILES string of the molecule is COc1ccc(C(CO)N(C)Cc2noc(CN)n2)cc1.Cl. The zero-order valence-corrected chi connectivity index (χ0v) is 13.4. The molecule has 2 aromatic rings. The lowest BCUT2D eigenvalue weighted by Crippen LogP contribution is -2.27. The average molecular weight is 329 g/mol. The number of nitrogens with zero attached hydrogens (tertiary/aromatic N) is 3. The summed E-state index contributed by atoms with van der Waals surface area (Å²) >= 11 is 0. The zero-order chi connectivity index (χ0) is 15.2. The van der Waals surface area contributed by atoms with Crippen LogP contribution in [0.3, 0.4) is 0 Å². The maximum Gasteiger partial charge on any atom is 0.240 e. The molecule has 22 heavy (non-hydrogen) atoms. The van der Waals surface area contributed by atoms with E-state index in [2.05, 4.69) is 10.1 Å². The van der Waals surface area contributed by atoms with E-state index in [1.165, 1.54) is 0 Å². The van der Waals surface area contributed by atoms with Gasteiger partial charge in [0.2, 0.25) is 5.89 Å².